The number of aromatic nitrogens is 4. The third kappa shape index (κ3) is 3.02. The van der Waals surface area contributed by atoms with Crippen LogP contribution in [0, 0.1) is 19.8 Å². The molecular formula is C18H25N5O. The molecule has 2 fully saturated rings. The first-order chi connectivity index (χ1) is 11.7. The van der Waals surface area contributed by atoms with Crippen molar-refractivity contribution in [2.75, 3.05) is 24.6 Å². The Bertz CT molecular complexity index is 699. The maximum Gasteiger partial charge on any atom is 0.174 e. The Morgan fingerprint density at radius 3 is 2.54 bits per heavy atom. The molecule has 0 spiro atoms. The van der Waals surface area contributed by atoms with E-state index < -0.39 is 0 Å². The Kier molecular flexibility index (Phi) is 4.22. The monoisotopic (exact) mass is 327 g/mol. The number of ether oxygens (including phenoxy) is 1. The zero-order chi connectivity index (χ0) is 16.5. The Morgan fingerprint density at radius 1 is 1.08 bits per heavy atom. The molecule has 0 aliphatic carbocycles. The molecule has 128 valence electrons. The molecule has 1 atom stereocenters. The highest BCUT2D eigenvalue weighted by Crippen LogP contribution is 2.30. The molecule has 2 aliphatic heterocycles. The fourth-order valence-electron chi connectivity index (χ4n) is 3.94. The lowest BCUT2D eigenvalue weighted by Crippen LogP contribution is -2.38. The summed E-state index contributed by atoms with van der Waals surface area (Å²) < 4.78 is 7.73. The first kappa shape index (κ1) is 15.6. The molecule has 2 saturated heterocycles. The molecule has 0 radical (unpaired) electrons. The molecule has 0 aromatic carbocycles. The maximum atomic E-state index is 5.87. The van der Waals surface area contributed by atoms with Gasteiger partial charge in [0.15, 0.2) is 5.82 Å². The van der Waals surface area contributed by atoms with Crippen molar-refractivity contribution in [1.29, 1.82) is 0 Å². The smallest absolute Gasteiger partial charge is 0.174 e. The lowest BCUT2D eigenvalue weighted by Gasteiger charge is -2.35. The highest BCUT2D eigenvalue weighted by molar-refractivity contribution is 5.40. The second-order valence-electron chi connectivity index (χ2n) is 6.95. The molecule has 24 heavy (non-hydrogen) atoms. The largest absolute Gasteiger partial charge is 0.378 e. The summed E-state index contributed by atoms with van der Waals surface area (Å²) in [5, 5.41) is 4.51. The number of rotatable bonds is 3. The van der Waals surface area contributed by atoms with Gasteiger partial charge < -0.3 is 9.64 Å². The number of piperidine rings is 1. The summed E-state index contributed by atoms with van der Waals surface area (Å²) in [4.78, 5) is 11.5. The molecule has 0 N–H and O–H groups in total. The predicted molar refractivity (Wildman–Crippen MR) is 92.5 cm³/mol. The second kappa shape index (κ2) is 6.51. The molecular weight excluding hydrogens is 302 g/mol. The van der Waals surface area contributed by atoms with E-state index in [-0.39, 0.29) is 0 Å². The molecule has 6 heteroatoms. The number of nitrogens with zero attached hydrogens (tertiary/aromatic N) is 5. The average Bonchev–Trinajstić information content (AvgIpc) is 3.25. The van der Waals surface area contributed by atoms with E-state index >= 15 is 0 Å². The third-order valence-electron chi connectivity index (χ3n) is 5.19. The van der Waals surface area contributed by atoms with Crippen LogP contribution in [-0.4, -0.2) is 45.5 Å². The van der Waals surface area contributed by atoms with Crippen LogP contribution in [0.5, 0.6) is 0 Å². The Labute approximate surface area is 142 Å². The van der Waals surface area contributed by atoms with E-state index in [2.05, 4.69) is 21.0 Å². The van der Waals surface area contributed by atoms with Gasteiger partial charge in [0, 0.05) is 25.4 Å². The number of anilines is 1. The molecule has 2 aromatic rings. The first-order valence-electron chi connectivity index (χ1n) is 8.93. The molecule has 0 bridgehead atoms. The van der Waals surface area contributed by atoms with Gasteiger partial charge in [-0.25, -0.2) is 9.67 Å². The van der Waals surface area contributed by atoms with Crippen molar-refractivity contribution in [2.45, 2.75) is 45.6 Å². The van der Waals surface area contributed by atoms with Crippen molar-refractivity contribution in [3.63, 3.8) is 0 Å². The Hall–Kier alpha value is -1.95. The lowest BCUT2D eigenvalue weighted by atomic mass is 9.90. The number of hydrogen-bond donors (Lipinski definition) is 0. The van der Waals surface area contributed by atoms with Gasteiger partial charge in [0.05, 0.1) is 24.2 Å². The van der Waals surface area contributed by atoms with Crippen LogP contribution >= 0.6 is 0 Å². The SMILES string of the molecule is Cc1cc(C)n(-c2cncc(N3CCC(C4CCCO4)CC3)n2)n1. The van der Waals surface area contributed by atoms with Crippen molar-refractivity contribution in [2.24, 2.45) is 5.92 Å². The number of aryl methyl sites for hydroxylation is 2. The molecule has 0 saturated carbocycles. The van der Waals surface area contributed by atoms with Gasteiger partial charge in [-0.05, 0) is 51.5 Å². The topological polar surface area (TPSA) is 56.1 Å². The van der Waals surface area contributed by atoms with Gasteiger partial charge in [0.25, 0.3) is 0 Å². The minimum atomic E-state index is 0.485. The van der Waals surface area contributed by atoms with Crippen molar-refractivity contribution in [3.8, 4) is 5.82 Å². The van der Waals surface area contributed by atoms with Gasteiger partial charge in [0.1, 0.15) is 5.82 Å². The summed E-state index contributed by atoms with van der Waals surface area (Å²) in [5.74, 6) is 2.45. The lowest BCUT2D eigenvalue weighted by molar-refractivity contribution is 0.0531. The molecule has 6 nitrogen and oxygen atoms in total. The van der Waals surface area contributed by atoms with Crippen molar-refractivity contribution >= 4 is 5.82 Å². The Morgan fingerprint density at radius 2 is 1.88 bits per heavy atom. The number of hydrogen-bond acceptors (Lipinski definition) is 5. The average molecular weight is 327 g/mol. The van der Waals surface area contributed by atoms with Gasteiger partial charge in [-0.15, -0.1) is 0 Å². The van der Waals surface area contributed by atoms with Crippen LogP contribution in [0.15, 0.2) is 18.5 Å². The van der Waals surface area contributed by atoms with Crippen LogP contribution in [-0.2, 0) is 4.74 Å². The van der Waals surface area contributed by atoms with E-state index in [4.69, 9.17) is 9.72 Å². The molecule has 0 amide bonds. The summed E-state index contributed by atoms with van der Waals surface area (Å²) in [6.45, 7) is 7.04. The van der Waals surface area contributed by atoms with Gasteiger partial charge in [-0.3, -0.25) is 4.98 Å². The van der Waals surface area contributed by atoms with Gasteiger partial charge in [0.2, 0.25) is 0 Å². The van der Waals surface area contributed by atoms with Gasteiger partial charge >= 0.3 is 0 Å². The van der Waals surface area contributed by atoms with E-state index in [1.165, 1.54) is 25.7 Å². The molecule has 2 aliphatic rings. The van der Waals surface area contributed by atoms with Crippen LogP contribution in [0.3, 0.4) is 0 Å². The fourth-order valence-corrected chi connectivity index (χ4v) is 3.94. The first-order valence-corrected chi connectivity index (χ1v) is 8.93. The van der Waals surface area contributed by atoms with Crippen molar-refractivity contribution in [3.05, 3.63) is 29.8 Å². The standard InChI is InChI=1S/C18H25N5O/c1-13-10-14(2)23(21-13)18-12-19-11-17(20-18)22-7-5-15(6-8-22)16-4-3-9-24-16/h10-12,15-16H,3-9H2,1-2H3. The van der Waals surface area contributed by atoms with E-state index in [0.29, 0.717) is 12.0 Å². The molecule has 4 heterocycles. The van der Waals surface area contributed by atoms with Crippen LogP contribution in [0.2, 0.25) is 0 Å². The van der Waals surface area contributed by atoms with E-state index in [9.17, 15) is 0 Å². The van der Waals surface area contributed by atoms with Crippen LogP contribution in [0.4, 0.5) is 5.82 Å². The van der Waals surface area contributed by atoms with E-state index in [1.54, 1.807) is 6.20 Å². The fraction of sp³-hybridized carbons (Fsp3) is 0.611. The summed E-state index contributed by atoms with van der Waals surface area (Å²) >= 11 is 0. The Balaban J connectivity index is 1.47. The zero-order valence-electron chi connectivity index (χ0n) is 14.5. The predicted octanol–water partition coefficient (Wildman–Crippen LogP) is 2.67. The van der Waals surface area contributed by atoms with Crippen molar-refractivity contribution < 1.29 is 4.74 Å². The summed E-state index contributed by atoms with van der Waals surface area (Å²) in [7, 11) is 0. The molecule has 4 rings (SSSR count). The molecule has 2 aromatic heterocycles. The van der Waals surface area contributed by atoms with Gasteiger partial charge in [-0.1, -0.05) is 0 Å². The maximum absolute atomic E-state index is 5.87. The molecule has 1 unspecified atom stereocenters. The second-order valence-corrected chi connectivity index (χ2v) is 6.95. The van der Waals surface area contributed by atoms with Crippen LogP contribution < -0.4 is 4.90 Å². The van der Waals surface area contributed by atoms with E-state index in [1.807, 2.05) is 24.7 Å². The highest BCUT2D eigenvalue weighted by atomic mass is 16.5. The summed E-state index contributed by atoms with van der Waals surface area (Å²) in [6, 6.07) is 2.06. The summed E-state index contributed by atoms with van der Waals surface area (Å²) in [6.07, 6.45) is 8.94. The summed E-state index contributed by atoms with van der Waals surface area (Å²) in [5.41, 5.74) is 2.08. The van der Waals surface area contributed by atoms with Crippen molar-refractivity contribution in [1.82, 2.24) is 19.7 Å². The quantitative estimate of drug-likeness (QED) is 0.867. The minimum absolute atomic E-state index is 0.485. The van der Waals surface area contributed by atoms with E-state index in [0.717, 1.165) is 42.7 Å². The third-order valence-corrected chi connectivity index (χ3v) is 5.19. The minimum Gasteiger partial charge on any atom is -0.378 e. The van der Waals surface area contributed by atoms with Crippen LogP contribution in [0.1, 0.15) is 37.1 Å². The zero-order valence-corrected chi connectivity index (χ0v) is 14.5. The van der Waals surface area contributed by atoms with Gasteiger partial charge in [-0.2, -0.15) is 5.10 Å². The highest BCUT2D eigenvalue weighted by Gasteiger charge is 2.30. The normalized spacial score (nSPS) is 22.2. The van der Waals surface area contributed by atoms with Crippen LogP contribution in [0.25, 0.3) is 5.82 Å².